The molecule has 1 aliphatic rings. The minimum atomic E-state index is -0.570. The van der Waals surface area contributed by atoms with Gasteiger partial charge in [0.1, 0.15) is 30.6 Å². The number of rotatable bonds is 16. The van der Waals surface area contributed by atoms with Crippen LogP contribution >= 0.6 is 0 Å². The molecule has 0 radical (unpaired) electrons. The van der Waals surface area contributed by atoms with E-state index in [1.165, 1.54) is 18.3 Å². The number of hydrogen-bond acceptors (Lipinski definition) is 9. The van der Waals surface area contributed by atoms with Gasteiger partial charge in [-0.25, -0.2) is 19.7 Å². The van der Waals surface area contributed by atoms with Gasteiger partial charge in [0.2, 0.25) is 0 Å². The lowest BCUT2D eigenvalue weighted by Gasteiger charge is -2.25. The lowest BCUT2D eigenvalue weighted by atomic mass is 10.1. The maximum Gasteiger partial charge on any atom is 0.328 e. The SMILES string of the molecule is COCCN(CCCCc1ccc2c(n1)NCCC2)CC[C@H](Nc1ncnc2ccccc12)C(=O)OCc1ccccc1. The molecule has 0 saturated heterocycles. The molecular formula is C34H42N6O3. The molecule has 0 amide bonds. The maximum atomic E-state index is 13.4. The molecule has 1 atom stereocenters. The number of aromatic nitrogens is 3. The van der Waals surface area contributed by atoms with Crippen LogP contribution in [0.1, 0.15) is 42.5 Å². The number of methoxy groups -OCH3 is 1. The van der Waals surface area contributed by atoms with E-state index in [0.29, 0.717) is 25.4 Å². The smallest absolute Gasteiger partial charge is 0.328 e. The first-order valence-corrected chi connectivity index (χ1v) is 15.3. The van der Waals surface area contributed by atoms with Gasteiger partial charge in [-0.05, 0) is 74.4 Å². The van der Waals surface area contributed by atoms with E-state index >= 15 is 0 Å². The topological polar surface area (TPSA) is 102 Å². The quantitative estimate of drug-likeness (QED) is 0.135. The highest BCUT2D eigenvalue weighted by Crippen LogP contribution is 2.22. The monoisotopic (exact) mass is 582 g/mol. The number of esters is 1. The zero-order chi connectivity index (χ0) is 29.7. The summed E-state index contributed by atoms with van der Waals surface area (Å²) in [7, 11) is 1.72. The summed E-state index contributed by atoms with van der Waals surface area (Å²) in [4.78, 5) is 29.5. The molecule has 0 aliphatic carbocycles. The Hall–Kier alpha value is -4.08. The molecule has 0 fully saturated rings. The van der Waals surface area contributed by atoms with E-state index in [4.69, 9.17) is 14.5 Å². The van der Waals surface area contributed by atoms with Gasteiger partial charge in [0.15, 0.2) is 0 Å². The number of hydrogen-bond donors (Lipinski definition) is 2. The Morgan fingerprint density at radius 1 is 1.00 bits per heavy atom. The molecule has 2 aromatic carbocycles. The van der Waals surface area contributed by atoms with Crippen LogP contribution in [0.25, 0.3) is 10.9 Å². The second-order valence-corrected chi connectivity index (χ2v) is 11.0. The van der Waals surface area contributed by atoms with E-state index in [1.54, 1.807) is 7.11 Å². The van der Waals surface area contributed by atoms with Crippen molar-refractivity contribution in [3.63, 3.8) is 0 Å². The van der Waals surface area contributed by atoms with Gasteiger partial charge in [-0.1, -0.05) is 48.5 Å². The molecule has 2 N–H and O–H groups in total. The number of unbranched alkanes of at least 4 members (excludes halogenated alkanes) is 1. The van der Waals surface area contributed by atoms with Crippen LogP contribution in [0, 0.1) is 0 Å². The molecule has 5 rings (SSSR count). The minimum absolute atomic E-state index is 0.224. The van der Waals surface area contributed by atoms with Crippen molar-refractivity contribution >= 4 is 28.5 Å². The van der Waals surface area contributed by atoms with Crippen LogP contribution in [0.5, 0.6) is 0 Å². The fourth-order valence-electron chi connectivity index (χ4n) is 5.38. The molecule has 2 aromatic heterocycles. The fourth-order valence-corrected chi connectivity index (χ4v) is 5.38. The third-order valence-corrected chi connectivity index (χ3v) is 7.82. The largest absolute Gasteiger partial charge is 0.459 e. The first-order chi connectivity index (χ1) is 21.2. The van der Waals surface area contributed by atoms with Crippen LogP contribution in [0.3, 0.4) is 0 Å². The molecule has 0 bridgehead atoms. The Bertz CT molecular complexity index is 1450. The summed E-state index contributed by atoms with van der Waals surface area (Å²) in [5.74, 6) is 1.38. The van der Waals surface area contributed by atoms with Gasteiger partial charge in [0.05, 0.1) is 12.1 Å². The predicted molar refractivity (Wildman–Crippen MR) is 170 cm³/mol. The number of para-hydroxylation sites is 1. The average molecular weight is 583 g/mol. The van der Waals surface area contributed by atoms with E-state index < -0.39 is 6.04 Å². The highest BCUT2D eigenvalue weighted by molar-refractivity contribution is 5.90. The van der Waals surface area contributed by atoms with E-state index in [-0.39, 0.29) is 12.6 Å². The Morgan fingerprint density at radius 2 is 1.86 bits per heavy atom. The summed E-state index contributed by atoms with van der Waals surface area (Å²) in [6, 6.07) is 21.4. The van der Waals surface area contributed by atoms with E-state index in [0.717, 1.165) is 73.3 Å². The van der Waals surface area contributed by atoms with Crippen molar-refractivity contribution < 1.29 is 14.3 Å². The van der Waals surface area contributed by atoms with Crippen LogP contribution in [-0.2, 0) is 33.7 Å². The second-order valence-electron chi connectivity index (χ2n) is 11.0. The number of ether oxygens (including phenoxy) is 2. The number of carbonyl (C=O) groups is 1. The van der Waals surface area contributed by atoms with Crippen LogP contribution in [0.2, 0.25) is 0 Å². The van der Waals surface area contributed by atoms with Gasteiger partial charge >= 0.3 is 5.97 Å². The number of benzene rings is 2. The summed E-state index contributed by atoms with van der Waals surface area (Å²) in [5, 5.41) is 7.69. The summed E-state index contributed by atoms with van der Waals surface area (Å²) >= 11 is 0. The number of carbonyl (C=O) groups excluding carboxylic acids is 1. The summed E-state index contributed by atoms with van der Waals surface area (Å²) in [6.07, 6.45) is 7.38. The highest BCUT2D eigenvalue weighted by atomic mass is 16.5. The number of nitrogens with one attached hydrogen (secondary N) is 2. The molecular weight excluding hydrogens is 540 g/mol. The Morgan fingerprint density at radius 3 is 2.74 bits per heavy atom. The molecule has 0 spiro atoms. The zero-order valence-electron chi connectivity index (χ0n) is 25.0. The highest BCUT2D eigenvalue weighted by Gasteiger charge is 2.23. The third-order valence-electron chi connectivity index (χ3n) is 7.82. The molecule has 4 aromatic rings. The number of nitrogens with zero attached hydrogens (tertiary/aromatic N) is 4. The van der Waals surface area contributed by atoms with Crippen LogP contribution < -0.4 is 10.6 Å². The number of pyridine rings is 1. The van der Waals surface area contributed by atoms with Gasteiger partial charge in [-0.2, -0.15) is 0 Å². The van der Waals surface area contributed by atoms with Crippen LogP contribution in [0.4, 0.5) is 11.6 Å². The van der Waals surface area contributed by atoms with Gasteiger partial charge in [-0.3, -0.25) is 0 Å². The molecule has 43 heavy (non-hydrogen) atoms. The van der Waals surface area contributed by atoms with E-state index in [1.807, 2.05) is 54.6 Å². The van der Waals surface area contributed by atoms with E-state index in [2.05, 4.69) is 37.6 Å². The first kappa shape index (κ1) is 30.4. The second kappa shape index (κ2) is 16.0. The van der Waals surface area contributed by atoms with Crippen LogP contribution in [-0.4, -0.2) is 71.8 Å². The molecule has 0 unspecified atom stereocenters. The number of fused-ring (bicyclic) bond motifs is 2. The third kappa shape index (κ3) is 8.95. The molecule has 9 nitrogen and oxygen atoms in total. The van der Waals surface area contributed by atoms with Gasteiger partial charge < -0.3 is 25.0 Å². The van der Waals surface area contributed by atoms with Crippen LogP contribution in [0.15, 0.2) is 73.1 Å². The standard InChI is InChI=1S/C34H42N6O3/c1-42-23-22-40(20-8-7-13-28-17-16-27-12-9-19-35-32(27)38-28)21-18-31(34(41)43-24-26-10-3-2-4-11-26)39-33-29-14-5-6-15-30(29)36-25-37-33/h2-6,10-11,14-17,25,31H,7-9,12-13,18-24H2,1H3,(H,35,38)(H,36,37,39)/t31-/m0/s1. The summed E-state index contributed by atoms with van der Waals surface area (Å²) in [6.45, 7) is 4.27. The average Bonchev–Trinajstić information content (AvgIpc) is 3.06. The first-order valence-electron chi connectivity index (χ1n) is 15.3. The Kier molecular flexibility index (Phi) is 11.3. The van der Waals surface area contributed by atoms with Crippen molar-refractivity contribution in [2.45, 2.75) is 51.2 Å². The molecule has 1 aliphatic heterocycles. The summed E-state index contributed by atoms with van der Waals surface area (Å²) < 4.78 is 11.2. The lowest BCUT2D eigenvalue weighted by Crippen LogP contribution is -2.38. The normalized spacial score (nSPS) is 13.3. The fraction of sp³-hybridized carbons (Fsp3) is 0.412. The van der Waals surface area contributed by atoms with Crippen molar-refractivity contribution in [3.8, 4) is 0 Å². The van der Waals surface area contributed by atoms with E-state index in [9.17, 15) is 4.79 Å². The van der Waals surface area contributed by atoms with Gasteiger partial charge in [-0.15, -0.1) is 0 Å². The Labute approximate surface area is 254 Å². The van der Waals surface area contributed by atoms with Crippen molar-refractivity contribution in [1.29, 1.82) is 0 Å². The van der Waals surface area contributed by atoms with Crippen molar-refractivity contribution in [2.24, 2.45) is 0 Å². The molecule has 226 valence electrons. The maximum absolute atomic E-state index is 13.4. The Balaban J connectivity index is 1.20. The zero-order valence-corrected chi connectivity index (χ0v) is 25.0. The predicted octanol–water partition coefficient (Wildman–Crippen LogP) is 5.27. The molecule has 9 heteroatoms. The number of aryl methyl sites for hydroxylation is 2. The molecule has 0 saturated carbocycles. The lowest BCUT2D eigenvalue weighted by molar-refractivity contribution is -0.146. The van der Waals surface area contributed by atoms with Crippen molar-refractivity contribution in [3.05, 3.63) is 89.9 Å². The van der Waals surface area contributed by atoms with Crippen molar-refractivity contribution in [1.82, 2.24) is 19.9 Å². The van der Waals surface area contributed by atoms with Gasteiger partial charge in [0.25, 0.3) is 0 Å². The minimum Gasteiger partial charge on any atom is -0.459 e. The van der Waals surface area contributed by atoms with Crippen molar-refractivity contribution in [2.75, 3.05) is 50.5 Å². The number of anilines is 2. The molecule has 3 heterocycles. The van der Waals surface area contributed by atoms with Gasteiger partial charge in [0, 0.05) is 37.8 Å². The summed E-state index contributed by atoms with van der Waals surface area (Å²) in [5.41, 5.74) is 4.23.